The first-order valence-corrected chi connectivity index (χ1v) is 8.56. The maximum absolute atomic E-state index is 12.3. The van der Waals surface area contributed by atoms with E-state index in [9.17, 15) is 9.59 Å². The van der Waals surface area contributed by atoms with Gasteiger partial charge in [-0.3, -0.25) is 0 Å². The number of carbonyl (C=O) groups excluding carboxylic acids is 2. The second-order valence-electron chi connectivity index (χ2n) is 7.87. The fraction of sp³-hybridized carbons (Fsp3) is 0.579. The molecule has 25 heavy (non-hydrogen) atoms. The Hall–Kier alpha value is -2.24. The molecule has 1 aliphatic heterocycles. The molecule has 0 spiro atoms. The molecule has 138 valence electrons. The van der Waals surface area contributed by atoms with Gasteiger partial charge < -0.3 is 19.7 Å². The van der Waals surface area contributed by atoms with Crippen LogP contribution >= 0.6 is 0 Å². The van der Waals surface area contributed by atoms with Gasteiger partial charge in [-0.2, -0.15) is 0 Å². The highest BCUT2D eigenvalue weighted by molar-refractivity contribution is 5.71. The average Bonchev–Trinajstić information content (AvgIpc) is 2.79. The van der Waals surface area contributed by atoms with Crippen LogP contribution in [0.4, 0.5) is 9.59 Å². The number of hydrogen-bond donors (Lipinski definition) is 1. The molecule has 1 aromatic rings. The Bertz CT molecular complexity index is 612. The lowest BCUT2D eigenvalue weighted by molar-refractivity contribution is 0.0445. The summed E-state index contributed by atoms with van der Waals surface area (Å²) < 4.78 is 10.7. The summed E-state index contributed by atoms with van der Waals surface area (Å²) in [5.41, 5.74) is -0.164. The number of benzene rings is 1. The second-order valence-corrected chi connectivity index (χ2v) is 7.87. The molecule has 1 fully saturated rings. The van der Waals surface area contributed by atoms with Gasteiger partial charge in [0.25, 0.3) is 0 Å². The Morgan fingerprint density at radius 1 is 1.28 bits per heavy atom. The summed E-state index contributed by atoms with van der Waals surface area (Å²) in [6, 6.07) is 9.55. The van der Waals surface area contributed by atoms with Crippen molar-refractivity contribution in [3.63, 3.8) is 0 Å². The van der Waals surface area contributed by atoms with E-state index in [1.54, 1.807) is 4.90 Å². The van der Waals surface area contributed by atoms with Crippen molar-refractivity contribution < 1.29 is 19.1 Å². The van der Waals surface area contributed by atoms with E-state index < -0.39 is 17.2 Å². The standard InChI is InChI=1S/C19H28N2O4/c1-14-11-21(17(23)24-12-15-9-7-6-8-10-15)13-19(14,5)20-16(22)25-18(2,3)4/h6-10,14H,11-13H2,1-5H3,(H,20,22)/t14-,19-/m0/s1. The Morgan fingerprint density at radius 3 is 2.52 bits per heavy atom. The van der Waals surface area contributed by atoms with Crippen LogP contribution < -0.4 is 5.32 Å². The zero-order chi connectivity index (χ0) is 18.7. The van der Waals surface area contributed by atoms with Crippen LogP contribution in [0.25, 0.3) is 0 Å². The Morgan fingerprint density at radius 2 is 1.92 bits per heavy atom. The lowest BCUT2D eigenvalue weighted by Crippen LogP contribution is -2.52. The van der Waals surface area contributed by atoms with E-state index in [1.165, 1.54) is 0 Å². The molecule has 0 saturated carbocycles. The van der Waals surface area contributed by atoms with E-state index >= 15 is 0 Å². The van der Waals surface area contributed by atoms with Crippen molar-refractivity contribution in [1.29, 1.82) is 0 Å². The third kappa shape index (κ3) is 5.37. The van der Waals surface area contributed by atoms with Crippen molar-refractivity contribution in [3.8, 4) is 0 Å². The summed E-state index contributed by atoms with van der Waals surface area (Å²) in [6.07, 6.45) is -0.841. The van der Waals surface area contributed by atoms with E-state index in [0.29, 0.717) is 13.1 Å². The molecular formula is C19H28N2O4. The summed E-state index contributed by atoms with van der Waals surface area (Å²) >= 11 is 0. The molecule has 0 radical (unpaired) electrons. The minimum atomic E-state index is -0.559. The molecule has 2 amide bonds. The average molecular weight is 348 g/mol. The number of rotatable bonds is 3. The quantitative estimate of drug-likeness (QED) is 0.907. The monoisotopic (exact) mass is 348 g/mol. The SMILES string of the molecule is C[C@H]1CN(C(=O)OCc2ccccc2)C[C@]1(C)NC(=O)OC(C)(C)C. The Balaban J connectivity index is 1.90. The maximum Gasteiger partial charge on any atom is 0.410 e. The van der Waals surface area contributed by atoms with Gasteiger partial charge >= 0.3 is 12.2 Å². The van der Waals surface area contributed by atoms with Gasteiger partial charge in [-0.25, -0.2) is 9.59 Å². The maximum atomic E-state index is 12.3. The predicted octanol–water partition coefficient (Wildman–Crippen LogP) is 3.56. The number of likely N-dealkylation sites (tertiary alicyclic amines) is 1. The van der Waals surface area contributed by atoms with Crippen molar-refractivity contribution in [3.05, 3.63) is 35.9 Å². The minimum Gasteiger partial charge on any atom is -0.445 e. The van der Waals surface area contributed by atoms with Crippen molar-refractivity contribution in [2.45, 2.75) is 52.4 Å². The van der Waals surface area contributed by atoms with Gasteiger partial charge in [0.2, 0.25) is 0 Å². The van der Waals surface area contributed by atoms with Crippen molar-refractivity contribution in [1.82, 2.24) is 10.2 Å². The highest BCUT2D eigenvalue weighted by atomic mass is 16.6. The molecule has 2 atom stereocenters. The molecule has 1 heterocycles. The Labute approximate surface area is 149 Å². The molecule has 1 N–H and O–H groups in total. The van der Waals surface area contributed by atoms with Crippen LogP contribution in [0.1, 0.15) is 40.2 Å². The first-order valence-electron chi connectivity index (χ1n) is 8.56. The molecular weight excluding hydrogens is 320 g/mol. The predicted molar refractivity (Wildman–Crippen MR) is 95.1 cm³/mol. The zero-order valence-electron chi connectivity index (χ0n) is 15.7. The lowest BCUT2D eigenvalue weighted by Gasteiger charge is -2.31. The van der Waals surface area contributed by atoms with Gasteiger partial charge in [0.15, 0.2) is 0 Å². The summed E-state index contributed by atoms with van der Waals surface area (Å²) in [5.74, 6) is 0.0873. The number of carbonyl (C=O) groups is 2. The molecule has 0 aliphatic carbocycles. The molecule has 2 rings (SSSR count). The van der Waals surface area contributed by atoms with E-state index in [2.05, 4.69) is 5.32 Å². The van der Waals surface area contributed by atoms with Crippen LogP contribution in [-0.2, 0) is 16.1 Å². The van der Waals surface area contributed by atoms with E-state index in [1.807, 2.05) is 65.0 Å². The molecule has 0 unspecified atom stereocenters. The zero-order valence-corrected chi connectivity index (χ0v) is 15.7. The summed E-state index contributed by atoms with van der Waals surface area (Å²) in [5, 5.41) is 2.91. The number of hydrogen-bond acceptors (Lipinski definition) is 4. The number of nitrogens with zero attached hydrogens (tertiary/aromatic N) is 1. The molecule has 1 aromatic carbocycles. The molecule has 1 aliphatic rings. The summed E-state index contributed by atoms with van der Waals surface area (Å²) in [6.45, 7) is 10.5. The normalized spacial score (nSPS) is 23.2. The molecule has 6 nitrogen and oxygen atoms in total. The molecule has 0 bridgehead atoms. The number of alkyl carbamates (subject to hydrolysis) is 1. The molecule has 0 aromatic heterocycles. The van der Waals surface area contributed by atoms with Crippen molar-refractivity contribution >= 4 is 12.2 Å². The van der Waals surface area contributed by atoms with E-state index in [0.717, 1.165) is 5.56 Å². The van der Waals surface area contributed by atoms with E-state index in [4.69, 9.17) is 9.47 Å². The van der Waals surface area contributed by atoms with Crippen LogP contribution in [0.15, 0.2) is 30.3 Å². The largest absolute Gasteiger partial charge is 0.445 e. The topological polar surface area (TPSA) is 67.9 Å². The number of ether oxygens (including phenoxy) is 2. The van der Waals surface area contributed by atoms with Gasteiger partial charge in [-0.15, -0.1) is 0 Å². The van der Waals surface area contributed by atoms with Crippen LogP contribution in [0.3, 0.4) is 0 Å². The van der Waals surface area contributed by atoms with Crippen LogP contribution in [0, 0.1) is 5.92 Å². The lowest BCUT2D eigenvalue weighted by atomic mass is 9.91. The fourth-order valence-electron chi connectivity index (χ4n) is 2.80. The highest BCUT2D eigenvalue weighted by Crippen LogP contribution is 2.28. The van der Waals surface area contributed by atoms with Crippen molar-refractivity contribution in [2.75, 3.05) is 13.1 Å². The van der Waals surface area contributed by atoms with Crippen LogP contribution in [-0.4, -0.2) is 41.3 Å². The van der Waals surface area contributed by atoms with Gasteiger partial charge in [-0.05, 0) is 39.2 Å². The Kier molecular flexibility index (Phi) is 5.60. The highest BCUT2D eigenvalue weighted by Gasteiger charge is 2.44. The van der Waals surface area contributed by atoms with Gasteiger partial charge in [0.1, 0.15) is 12.2 Å². The van der Waals surface area contributed by atoms with E-state index in [-0.39, 0.29) is 18.6 Å². The first kappa shape index (κ1) is 19.1. The van der Waals surface area contributed by atoms with Crippen LogP contribution in [0.2, 0.25) is 0 Å². The van der Waals surface area contributed by atoms with Gasteiger partial charge in [0, 0.05) is 13.1 Å². The number of amides is 2. The third-order valence-corrected chi connectivity index (χ3v) is 4.35. The van der Waals surface area contributed by atoms with Crippen LogP contribution in [0.5, 0.6) is 0 Å². The van der Waals surface area contributed by atoms with Crippen molar-refractivity contribution in [2.24, 2.45) is 5.92 Å². The summed E-state index contributed by atoms with van der Waals surface area (Å²) in [4.78, 5) is 26.0. The molecule has 6 heteroatoms. The third-order valence-electron chi connectivity index (χ3n) is 4.35. The van der Waals surface area contributed by atoms with Gasteiger partial charge in [0.05, 0.1) is 5.54 Å². The number of nitrogens with one attached hydrogen (secondary N) is 1. The molecule has 1 saturated heterocycles. The fourth-order valence-corrected chi connectivity index (χ4v) is 2.80. The smallest absolute Gasteiger partial charge is 0.410 e. The first-order chi connectivity index (χ1) is 11.6. The summed E-state index contributed by atoms with van der Waals surface area (Å²) in [7, 11) is 0. The second kappa shape index (κ2) is 7.33. The minimum absolute atomic E-state index is 0.0873. The van der Waals surface area contributed by atoms with Gasteiger partial charge in [-0.1, -0.05) is 37.3 Å².